The Kier molecular flexibility index (Phi) is 6.21. The van der Waals surface area contributed by atoms with E-state index in [0.29, 0.717) is 29.8 Å². The molecule has 0 aromatic carbocycles. The molecule has 150 valence electrons. The summed E-state index contributed by atoms with van der Waals surface area (Å²) in [5, 5.41) is 19.6. The van der Waals surface area contributed by atoms with E-state index in [2.05, 4.69) is 30.7 Å². The number of hydrogen-bond donors (Lipinski definition) is 2. The standard InChI is InChI=1S/C19H23N9O/c1-21-18-15(13-9-24-28(4)12-13)11-23-19(26-18)25-14-7-17(16(8-20)22-10-14)29-6-5-27(2)3/h7,9-12H,5-6H2,1-4H3,(H2,21,23,25,26). The maximum Gasteiger partial charge on any atom is 0.229 e. The molecule has 10 nitrogen and oxygen atoms in total. The summed E-state index contributed by atoms with van der Waals surface area (Å²) in [6.45, 7) is 1.18. The molecule has 0 radical (unpaired) electrons. The van der Waals surface area contributed by atoms with Crippen molar-refractivity contribution in [3.05, 3.63) is 36.5 Å². The molecular formula is C19H23N9O. The van der Waals surface area contributed by atoms with Crippen molar-refractivity contribution in [2.24, 2.45) is 7.05 Å². The smallest absolute Gasteiger partial charge is 0.229 e. The fraction of sp³-hybridized carbons (Fsp3) is 0.316. The number of ether oxygens (including phenoxy) is 1. The number of likely N-dealkylation sites (N-methyl/N-ethyl adjacent to an activating group) is 1. The molecule has 3 aromatic heterocycles. The van der Waals surface area contributed by atoms with E-state index in [1.54, 1.807) is 36.4 Å². The molecule has 0 aliphatic rings. The lowest BCUT2D eigenvalue weighted by molar-refractivity contribution is 0.260. The summed E-state index contributed by atoms with van der Waals surface area (Å²) in [6, 6.07) is 3.76. The van der Waals surface area contributed by atoms with Gasteiger partial charge in [0.2, 0.25) is 5.95 Å². The molecular weight excluding hydrogens is 370 g/mol. The highest BCUT2D eigenvalue weighted by Crippen LogP contribution is 2.27. The molecule has 10 heteroatoms. The Morgan fingerprint density at radius 3 is 2.72 bits per heavy atom. The fourth-order valence-electron chi connectivity index (χ4n) is 2.58. The van der Waals surface area contributed by atoms with E-state index in [0.717, 1.165) is 17.7 Å². The van der Waals surface area contributed by atoms with Crippen LogP contribution in [0.15, 0.2) is 30.9 Å². The minimum Gasteiger partial charge on any atom is -0.489 e. The molecule has 0 saturated carbocycles. The quantitative estimate of drug-likeness (QED) is 0.591. The zero-order valence-corrected chi connectivity index (χ0v) is 16.8. The number of anilines is 3. The van der Waals surface area contributed by atoms with Crippen LogP contribution in [0.25, 0.3) is 11.1 Å². The number of aryl methyl sites for hydroxylation is 1. The summed E-state index contributed by atoms with van der Waals surface area (Å²) in [7, 11) is 7.56. The van der Waals surface area contributed by atoms with Crippen molar-refractivity contribution in [3.63, 3.8) is 0 Å². The first-order chi connectivity index (χ1) is 14.0. The predicted molar refractivity (Wildman–Crippen MR) is 110 cm³/mol. The largest absolute Gasteiger partial charge is 0.489 e. The summed E-state index contributed by atoms with van der Waals surface area (Å²) in [5.74, 6) is 1.48. The van der Waals surface area contributed by atoms with Crippen LogP contribution in [0.5, 0.6) is 5.75 Å². The molecule has 0 amide bonds. The Morgan fingerprint density at radius 1 is 1.24 bits per heavy atom. The van der Waals surface area contributed by atoms with E-state index in [9.17, 15) is 5.26 Å². The average molecular weight is 393 g/mol. The number of nitrogens with zero attached hydrogens (tertiary/aromatic N) is 7. The first-order valence-electron chi connectivity index (χ1n) is 8.98. The van der Waals surface area contributed by atoms with Crippen LogP contribution in [0.2, 0.25) is 0 Å². The van der Waals surface area contributed by atoms with Crippen molar-refractivity contribution in [3.8, 4) is 22.9 Å². The highest BCUT2D eigenvalue weighted by atomic mass is 16.5. The summed E-state index contributed by atoms with van der Waals surface area (Å²) < 4.78 is 7.44. The molecule has 3 heterocycles. The number of nitriles is 1. The van der Waals surface area contributed by atoms with Crippen LogP contribution in [0.1, 0.15) is 5.69 Å². The molecule has 0 atom stereocenters. The average Bonchev–Trinajstić information content (AvgIpc) is 3.14. The zero-order chi connectivity index (χ0) is 20.8. The van der Waals surface area contributed by atoms with Gasteiger partial charge in [-0.25, -0.2) is 9.97 Å². The maximum absolute atomic E-state index is 9.25. The second kappa shape index (κ2) is 8.99. The van der Waals surface area contributed by atoms with Crippen molar-refractivity contribution in [1.29, 1.82) is 5.26 Å². The summed E-state index contributed by atoms with van der Waals surface area (Å²) >= 11 is 0. The third kappa shape index (κ3) is 4.97. The van der Waals surface area contributed by atoms with Gasteiger partial charge in [-0.2, -0.15) is 15.3 Å². The van der Waals surface area contributed by atoms with E-state index in [4.69, 9.17) is 4.74 Å². The van der Waals surface area contributed by atoms with E-state index in [-0.39, 0.29) is 5.69 Å². The van der Waals surface area contributed by atoms with Gasteiger partial charge in [-0.15, -0.1) is 0 Å². The lowest BCUT2D eigenvalue weighted by atomic mass is 10.2. The maximum atomic E-state index is 9.25. The second-order valence-electron chi connectivity index (χ2n) is 6.57. The topological polar surface area (TPSA) is 117 Å². The normalized spacial score (nSPS) is 10.6. The van der Waals surface area contributed by atoms with Gasteiger partial charge in [0, 0.05) is 50.2 Å². The molecule has 0 fully saturated rings. The van der Waals surface area contributed by atoms with Crippen LogP contribution in [0.4, 0.5) is 17.5 Å². The summed E-state index contributed by atoms with van der Waals surface area (Å²) in [4.78, 5) is 15.1. The van der Waals surface area contributed by atoms with Crippen molar-refractivity contribution in [2.75, 3.05) is 44.9 Å². The van der Waals surface area contributed by atoms with Crippen molar-refractivity contribution >= 4 is 17.5 Å². The third-order valence-electron chi connectivity index (χ3n) is 4.05. The van der Waals surface area contributed by atoms with Crippen LogP contribution < -0.4 is 15.4 Å². The molecule has 2 N–H and O–H groups in total. The molecule has 29 heavy (non-hydrogen) atoms. The van der Waals surface area contributed by atoms with Gasteiger partial charge in [0.25, 0.3) is 0 Å². The van der Waals surface area contributed by atoms with Crippen LogP contribution in [-0.4, -0.2) is 63.9 Å². The fourth-order valence-corrected chi connectivity index (χ4v) is 2.58. The number of rotatable bonds is 8. The Morgan fingerprint density at radius 2 is 2.07 bits per heavy atom. The minimum absolute atomic E-state index is 0.234. The molecule has 0 aliphatic heterocycles. The number of pyridine rings is 1. The van der Waals surface area contributed by atoms with Gasteiger partial charge >= 0.3 is 0 Å². The second-order valence-corrected chi connectivity index (χ2v) is 6.57. The summed E-state index contributed by atoms with van der Waals surface area (Å²) in [6.07, 6.45) is 6.93. The molecule has 0 spiro atoms. The van der Waals surface area contributed by atoms with Gasteiger partial charge in [0.05, 0.1) is 18.1 Å². The molecule has 0 bridgehead atoms. The van der Waals surface area contributed by atoms with E-state index in [1.165, 1.54) is 0 Å². The Bertz CT molecular complexity index is 1020. The lowest BCUT2D eigenvalue weighted by Crippen LogP contribution is -2.19. The van der Waals surface area contributed by atoms with Gasteiger partial charge in [-0.1, -0.05) is 0 Å². The van der Waals surface area contributed by atoms with Crippen LogP contribution >= 0.6 is 0 Å². The number of nitrogens with one attached hydrogen (secondary N) is 2. The van der Waals surface area contributed by atoms with Crippen LogP contribution in [-0.2, 0) is 7.05 Å². The first kappa shape index (κ1) is 20.0. The van der Waals surface area contributed by atoms with Crippen molar-refractivity contribution < 1.29 is 4.74 Å². The van der Waals surface area contributed by atoms with Gasteiger partial charge < -0.3 is 20.3 Å². The molecule has 0 aliphatic carbocycles. The SMILES string of the molecule is CNc1nc(Nc2cnc(C#N)c(OCCN(C)C)c2)ncc1-c1cnn(C)c1. The van der Waals surface area contributed by atoms with Crippen molar-refractivity contribution in [2.45, 2.75) is 0 Å². The van der Waals surface area contributed by atoms with Gasteiger partial charge in [0.15, 0.2) is 11.4 Å². The Labute approximate surface area is 169 Å². The highest BCUT2D eigenvalue weighted by molar-refractivity contribution is 5.74. The van der Waals surface area contributed by atoms with Gasteiger partial charge in [-0.05, 0) is 14.1 Å². The molecule has 0 unspecified atom stereocenters. The van der Waals surface area contributed by atoms with Crippen molar-refractivity contribution in [1.82, 2.24) is 29.6 Å². The van der Waals surface area contributed by atoms with Gasteiger partial charge in [-0.3, -0.25) is 4.68 Å². The monoisotopic (exact) mass is 393 g/mol. The van der Waals surface area contributed by atoms with E-state index < -0.39 is 0 Å². The van der Waals surface area contributed by atoms with E-state index >= 15 is 0 Å². The van der Waals surface area contributed by atoms with Crippen LogP contribution in [0, 0.1) is 11.3 Å². The summed E-state index contributed by atoms with van der Waals surface area (Å²) in [5.41, 5.74) is 2.62. The molecule has 0 saturated heterocycles. The third-order valence-corrected chi connectivity index (χ3v) is 4.05. The lowest BCUT2D eigenvalue weighted by Gasteiger charge is -2.13. The Hall–Kier alpha value is -3.71. The minimum atomic E-state index is 0.234. The Balaban J connectivity index is 1.81. The van der Waals surface area contributed by atoms with Gasteiger partial charge in [0.1, 0.15) is 18.5 Å². The first-order valence-corrected chi connectivity index (χ1v) is 8.98. The number of aromatic nitrogens is 5. The molecule has 3 aromatic rings. The van der Waals surface area contributed by atoms with Crippen LogP contribution in [0.3, 0.4) is 0 Å². The highest BCUT2D eigenvalue weighted by Gasteiger charge is 2.12. The molecule has 3 rings (SSSR count). The zero-order valence-electron chi connectivity index (χ0n) is 16.8. The predicted octanol–water partition coefficient (Wildman–Crippen LogP) is 1.87. The van der Waals surface area contributed by atoms with E-state index in [1.807, 2.05) is 38.3 Å². The number of hydrogen-bond acceptors (Lipinski definition) is 9.